The minimum atomic E-state index is -0.298. The molecule has 0 aliphatic carbocycles. The van der Waals surface area contributed by atoms with Crippen LogP contribution in [0.15, 0.2) is 35.6 Å². The van der Waals surface area contributed by atoms with Crippen LogP contribution in [0, 0.1) is 5.82 Å². The quantitative estimate of drug-likeness (QED) is 0.631. The molecule has 1 saturated heterocycles. The second-order valence-corrected chi connectivity index (χ2v) is 6.45. The highest BCUT2D eigenvalue weighted by Gasteiger charge is 2.24. The van der Waals surface area contributed by atoms with Crippen LogP contribution in [0.1, 0.15) is 31.5 Å². The maximum absolute atomic E-state index is 13.2. The Morgan fingerprint density at radius 3 is 2.92 bits per heavy atom. The fourth-order valence-corrected chi connectivity index (χ4v) is 3.16. The van der Waals surface area contributed by atoms with Crippen molar-refractivity contribution in [1.82, 2.24) is 25.4 Å². The summed E-state index contributed by atoms with van der Waals surface area (Å²) in [6.45, 7) is 4.35. The first-order valence-electron chi connectivity index (χ1n) is 8.88. The Bertz CT molecular complexity index is 712. The number of nitrogens with zero attached hydrogens (tertiary/aromatic N) is 4. The summed E-state index contributed by atoms with van der Waals surface area (Å²) in [5, 5.41) is 10.2. The average molecular weight is 360 g/mol. The largest absolute Gasteiger partial charge is 0.489 e. The Hall–Kier alpha value is -2.64. The molecule has 2 heterocycles. The average Bonchev–Trinajstić information content (AvgIpc) is 3.17. The van der Waals surface area contributed by atoms with E-state index in [0.717, 1.165) is 37.7 Å². The van der Waals surface area contributed by atoms with Crippen molar-refractivity contribution in [2.24, 2.45) is 4.99 Å². The van der Waals surface area contributed by atoms with Gasteiger partial charge in [0.25, 0.3) is 0 Å². The lowest BCUT2D eigenvalue weighted by Gasteiger charge is -2.33. The van der Waals surface area contributed by atoms with E-state index in [4.69, 9.17) is 4.74 Å². The molecule has 0 saturated carbocycles. The van der Waals surface area contributed by atoms with Crippen LogP contribution < -0.4 is 10.1 Å². The zero-order valence-corrected chi connectivity index (χ0v) is 15.2. The Kier molecular flexibility index (Phi) is 6.04. The molecule has 1 aliphatic heterocycles. The summed E-state index contributed by atoms with van der Waals surface area (Å²) in [5.41, 5.74) is 0. The molecule has 7 nitrogen and oxygen atoms in total. The smallest absolute Gasteiger partial charge is 0.193 e. The third-order valence-corrected chi connectivity index (χ3v) is 4.51. The molecule has 1 aliphatic rings. The number of nitrogens with one attached hydrogen (secondary N) is 2. The molecule has 140 valence electrons. The number of ether oxygens (including phenoxy) is 1. The molecule has 2 aromatic rings. The highest BCUT2D eigenvalue weighted by Crippen LogP contribution is 2.24. The summed E-state index contributed by atoms with van der Waals surface area (Å²) >= 11 is 0. The van der Waals surface area contributed by atoms with Crippen LogP contribution in [0.4, 0.5) is 4.39 Å². The Morgan fingerprint density at radius 2 is 2.27 bits per heavy atom. The lowest BCUT2D eigenvalue weighted by Crippen LogP contribution is -2.47. The van der Waals surface area contributed by atoms with Crippen LogP contribution in [-0.2, 0) is 0 Å². The lowest BCUT2D eigenvalue weighted by atomic mass is 9.96. The number of H-pyrrole nitrogens is 1. The normalized spacial score (nSPS) is 17.2. The van der Waals surface area contributed by atoms with E-state index in [0.29, 0.717) is 18.2 Å². The number of hydrogen-bond donors (Lipinski definition) is 2. The predicted molar refractivity (Wildman–Crippen MR) is 97.8 cm³/mol. The van der Waals surface area contributed by atoms with E-state index in [1.807, 2.05) is 6.92 Å². The Morgan fingerprint density at radius 1 is 1.46 bits per heavy atom. The number of hydrogen-bond acceptors (Lipinski definition) is 4. The van der Waals surface area contributed by atoms with Crippen molar-refractivity contribution >= 4 is 5.96 Å². The molecule has 3 rings (SSSR count). The second kappa shape index (κ2) is 8.64. The zero-order valence-electron chi connectivity index (χ0n) is 15.2. The van der Waals surface area contributed by atoms with Gasteiger partial charge in [-0.1, -0.05) is 6.07 Å². The van der Waals surface area contributed by atoms with Gasteiger partial charge < -0.3 is 15.0 Å². The van der Waals surface area contributed by atoms with E-state index in [1.165, 1.54) is 12.1 Å². The van der Waals surface area contributed by atoms with E-state index < -0.39 is 0 Å². The van der Waals surface area contributed by atoms with E-state index in [-0.39, 0.29) is 11.9 Å². The van der Waals surface area contributed by atoms with Crippen molar-refractivity contribution in [2.75, 3.05) is 26.7 Å². The number of aliphatic imine (C=N–C) groups is 1. The first-order valence-corrected chi connectivity index (χ1v) is 8.88. The number of rotatable bonds is 5. The van der Waals surface area contributed by atoms with Gasteiger partial charge in [-0.3, -0.25) is 10.1 Å². The van der Waals surface area contributed by atoms with Gasteiger partial charge in [0.1, 0.15) is 29.8 Å². The first kappa shape index (κ1) is 18.2. The van der Waals surface area contributed by atoms with E-state index in [2.05, 4.69) is 30.4 Å². The zero-order chi connectivity index (χ0) is 18.4. The molecule has 2 N–H and O–H groups in total. The van der Waals surface area contributed by atoms with Crippen molar-refractivity contribution in [1.29, 1.82) is 0 Å². The molecule has 1 unspecified atom stereocenters. The van der Waals surface area contributed by atoms with Crippen molar-refractivity contribution in [3.8, 4) is 5.75 Å². The number of aromatic amines is 1. The van der Waals surface area contributed by atoms with E-state index in [1.54, 1.807) is 25.5 Å². The van der Waals surface area contributed by atoms with Gasteiger partial charge in [0.05, 0.1) is 6.54 Å². The Balaban J connectivity index is 1.46. The van der Waals surface area contributed by atoms with Crippen LogP contribution in [-0.4, -0.2) is 58.8 Å². The number of likely N-dealkylation sites (tertiary alicyclic amines) is 1. The second-order valence-electron chi connectivity index (χ2n) is 6.45. The maximum Gasteiger partial charge on any atom is 0.193 e. The molecule has 1 atom stereocenters. The molecular formula is C18H25FN6O. The summed E-state index contributed by atoms with van der Waals surface area (Å²) in [6, 6.07) is 6.19. The number of guanidine groups is 1. The van der Waals surface area contributed by atoms with Crippen LogP contribution in [0.5, 0.6) is 5.75 Å². The third kappa shape index (κ3) is 4.71. The Labute approximate surface area is 152 Å². The van der Waals surface area contributed by atoms with Gasteiger partial charge in [-0.05, 0) is 31.9 Å². The molecule has 1 aromatic carbocycles. The van der Waals surface area contributed by atoms with Gasteiger partial charge in [0, 0.05) is 32.1 Å². The van der Waals surface area contributed by atoms with Gasteiger partial charge in [0.15, 0.2) is 5.96 Å². The van der Waals surface area contributed by atoms with Gasteiger partial charge in [0.2, 0.25) is 0 Å². The number of halogens is 1. The minimum Gasteiger partial charge on any atom is -0.489 e. The number of aromatic nitrogens is 3. The van der Waals surface area contributed by atoms with E-state index in [9.17, 15) is 4.39 Å². The summed E-state index contributed by atoms with van der Waals surface area (Å²) in [5.74, 6) is 2.47. The van der Waals surface area contributed by atoms with Gasteiger partial charge in [-0.15, -0.1) is 0 Å². The molecule has 0 amide bonds. The highest BCUT2D eigenvalue weighted by molar-refractivity contribution is 5.80. The summed E-state index contributed by atoms with van der Waals surface area (Å²) in [6.07, 6.45) is 3.46. The van der Waals surface area contributed by atoms with Gasteiger partial charge >= 0.3 is 0 Å². The summed E-state index contributed by atoms with van der Waals surface area (Å²) < 4.78 is 19.0. The minimum absolute atomic E-state index is 0.111. The maximum atomic E-state index is 13.2. The lowest BCUT2D eigenvalue weighted by molar-refractivity contribution is 0.219. The molecule has 0 bridgehead atoms. The molecule has 1 aromatic heterocycles. The van der Waals surface area contributed by atoms with Crippen molar-refractivity contribution in [2.45, 2.75) is 31.8 Å². The van der Waals surface area contributed by atoms with Crippen molar-refractivity contribution < 1.29 is 9.13 Å². The molecule has 0 radical (unpaired) electrons. The first-order chi connectivity index (χ1) is 12.7. The number of benzene rings is 1. The molecular weight excluding hydrogens is 335 g/mol. The highest BCUT2D eigenvalue weighted by atomic mass is 19.1. The molecule has 8 heteroatoms. The predicted octanol–water partition coefficient (Wildman–Crippen LogP) is 2.17. The van der Waals surface area contributed by atoms with Gasteiger partial charge in [-0.25, -0.2) is 9.37 Å². The van der Waals surface area contributed by atoms with Crippen LogP contribution in [0.2, 0.25) is 0 Å². The fourth-order valence-electron chi connectivity index (χ4n) is 3.16. The summed E-state index contributed by atoms with van der Waals surface area (Å²) in [4.78, 5) is 10.9. The molecule has 26 heavy (non-hydrogen) atoms. The van der Waals surface area contributed by atoms with Gasteiger partial charge in [-0.2, -0.15) is 5.10 Å². The number of piperidine rings is 1. The third-order valence-electron chi connectivity index (χ3n) is 4.51. The van der Waals surface area contributed by atoms with Crippen molar-refractivity contribution in [3.05, 3.63) is 42.2 Å². The standard InChI is InChI=1S/C18H25FN6O/c1-13(26-16-5-3-4-15(19)10-16)11-21-18(20-2)25-8-6-14(7-9-25)17-22-12-23-24-17/h3-5,10,12-14H,6-9,11H2,1-2H3,(H,20,21)(H,22,23,24). The van der Waals surface area contributed by atoms with Crippen molar-refractivity contribution in [3.63, 3.8) is 0 Å². The van der Waals surface area contributed by atoms with E-state index >= 15 is 0 Å². The van der Waals surface area contributed by atoms with Crippen LogP contribution >= 0.6 is 0 Å². The molecule has 0 spiro atoms. The molecule has 1 fully saturated rings. The topological polar surface area (TPSA) is 78.4 Å². The fraction of sp³-hybridized carbons (Fsp3) is 0.500. The van der Waals surface area contributed by atoms with Crippen LogP contribution in [0.3, 0.4) is 0 Å². The summed E-state index contributed by atoms with van der Waals surface area (Å²) in [7, 11) is 1.78. The SMILES string of the molecule is CN=C(NCC(C)Oc1cccc(F)c1)N1CCC(c2ncn[nH]2)CC1. The monoisotopic (exact) mass is 360 g/mol. The van der Waals surface area contributed by atoms with Crippen LogP contribution in [0.25, 0.3) is 0 Å².